The zero-order valence-corrected chi connectivity index (χ0v) is 15.9. The molecule has 0 radical (unpaired) electrons. The molecule has 2 aromatic rings. The first-order valence-corrected chi connectivity index (χ1v) is 8.90. The van der Waals surface area contributed by atoms with E-state index in [9.17, 15) is 4.79 Å². The molecular formula is C20H22N6O2. The van der Waals surface area contributed by atoms with E-state index >= 15 is 0 Å². The molecule has 8 heteroatoms. The van der Waals surface area contributed by atoms with E-state index in [1.54, 1.807) is 11.1 Å². The maximum atomic E-state index is 12.4. The van der Waals surface area contributed by atoms with Gasteiger partial charge in [-0.3, -0.25) is 14.6 Å². The van der Waals surface area contributed by atoms with Crippen molar-refractivity contribution in [3.63, 3.8) is 0 Å². The number of ether oxygens (including phenoxy) is 1. The fourth-order valence-corrected chi connectivity index (χ4v) is 3.10. The number of hydrazone groups is 1. The average molecular weight is 378 g/mol. The molecule has 0 unspecified atom stereocenters. The van der Waals surface area contributed by atoms with Crippen LogP contribution in [0.1, 0.15) is 19.9 Å². The van der Waals surface area contributed by atoms with Gasteiger partial charge >= 0.3 is 6.09 Å². The summed E-state index contributed by atoms with van der Waals surface area (Å²) in [4.78, 5) is 14.0. The van der Waals surface area contributed by atoms with E-state index in [0.717, 1.165) is 16.6 Å². The summed E-state index contributed by atoms with van der Waals surface area (Å²) in [6.07, 6.45) is 3.91. The minimum Gasteiger partial charge on any atom is -0.442 e. The van der Waals surface area contributed by atoms with Gasteiger partial charge in [-0.15, -0.1) is 0 Å². The summed E-state index contributed by atoms with van der Waals surface area (Å²) in [7, 11) is 0. The van der Waals surface area contributed by atoms with Gasteiger partial charge < -0.3 is 4.74 Å². The number of carbonyl (C=O) groups excluding carboxylic acids is 1. The van der Waals surface area contributed by atoms with E-state index in [0.29, 0.717) is 12.1 Å². The van der Waals surface area contributed by atoms with Crippen molar-refractivity contribution in [1.29, 1.82) is 5.26 Å². The molecule has 0 spiro atoms. The second kappa shape index (κ2) is 7.96. The first-order valence-electron chi connectivity index (χ1n) is 8.90. The first kappa shape index (κ1) is 19.2. The highest BCUT2D eigenvalue weighted by molar-refractivity contribution is 5.93. The number of aromatic nitrogens is 2. The molecule has 0 bridgehead atoms. The SMILES string of the molecule is C=C/C(C#N)=C\N(C[C@H]1CN(c2ccc3c(cnn3C(C)C)c2)C(=O)O1)N=C. The Balaban J connectivity index is 1.76. The molecule has 1 amide bonds. The number of hydrogen-bond acceptors (Lipinski definition) is 6. The van der Waals surface area contributed by atoms with E-state index in [1.807, 2.05) is 29.0 Å². The molecule has 0 N–H and O–H groups in total. The van der Waals surface area contributed by atoms with E-state index in [4.69, 9.17) is 10.00 Å². The van der Waals surface area contributed by atoms with Crippen LogP contribution >= 0.6 is 0 Å². The highest BCUT2D eigenvalue weighted by Gasteiger charge is 2.33. The second-order valence-electron chi connectivity index (χ2n) is 6.71. The van der Waals surface area contributed by atoms with Gasteiger partial charge in [-0.2, -0.15) is 15.5 Å². The van der Waals surface area contributed by atoms with Crippen molar-refractivity contribution in [1.82, 2.24) is 14.8 Å². The molecule has 3 rings (SSSR count). The van der Waals surface area contributed by atoms with Crippen LogP contribution in [-0.2, 0) is 4.74 Å². The van der Waals surface area contributed by atoms with Crippen molar-refractivity contribution < 1.29 is 9.53 Å². The van der Waals surface area contributed by atoms with Crippen LogP contribution in [0.2, 0.25) is 0 Å². The third-order valence-corrected chi connectivity index (χ3v) is 4.46. The van der Waals surface area contributed by atoms with Crippen molar-refractivity contribution in [2.75, 3.05) is 18.0 Å². The van der Waals surface area contributed by atoms with Gasteiger partial charge in [0.2, 0.25) is 0 Å². The Morgan fingerprint density at radius 1 is 1.57 bits per heavy atom. The maximum Gasteiger partial charge on any atom is 0.414 e. The van der Waals surface area contributed by atoms with Crippen LogP contribution in [0.4, 0.5) is 10.5 Å². The summed E-state index contributed by atoms with van der Waals surface area (Å²) in [5, 5.41) is 19.7. The zero-order valence-electron chi connectivity index (χ0n) is 15.9. The third kappa shape index (κ3) is 3.74. The van der Waals surface area contributed by atoms with E-state index in [1.165, 1.54) is 17.3 Å². The van der Waals surface area contributed by atoms with Crippen LogP contribution in [0.15, 0.2) is 53.9 Å². The number of rotatable bonds is 7. The van der Waals surface area contributed by atoms with Crippen molar-refractivity contribution in [2.45, 2.75) is 26.0 Å². The molecule has 0 aliphatic carbocycles. The van der Waals surface area contributed by atoms with E-state index in [-0.39, 0.29) is 12.6 Å². The summed E-state index contributed by atoms with van der Waals surface area (Å²) in [6.45, 7) is 11.9. The normalized spacial score (nSPS) is 16.9. The van der Waals surface area contributed by atoms with Crippen molar-refractivity contribution >= 4 is 29.4 Å². The molecule has 1 aromatic heterocycles. The van der Waals surface area contributed by atoms with Crippen molar-refractivity contribution in [2.24, 2.45) is 5.10 Å². The van der Waals surface area contributed by atoms with Gasteiger partial charge in [0.15, 0.2) is 0 Å². The number of carbonyl (C=O) groups is 1. The minimum absolute atomic E-state index is 0.254. The molecule has 28 heavy (non-hydrogen) atoms. The van der Waals surface area contributed by atoms with E-state index < -0.39 is 12.2 Å². The lowest BCUT2D eigenvalue weighted by Gasteiger charge is -2.17. The van der Waals surface area contributed by atoms with Crippen molar-refractivity contribution in [3.8, 4) is 6.07 Å². The maximum absolute atomic E-state index is 12.4. The number of hydrogen-bond donors (Lipinski definition) is 0. The summed E-state index contributed by atoms with van der Waals surface area (Å²) >= 11 is 0. The molecule has 0 saturated carbocycles. The predicted octanol–water partition coefficient (Wildman–Crippen LogP) is 3.45. The molecule has 144 valence electrons. The molecule has 1 atom stereocenters. The lowest BCUT2D eigenvalue weighted by molar-refractivity contribution is 0.123. The van der Waals surface area contributed by atoms with Gasteiger partial charge in [0.05, 0.1) is 30.4 Å². The molecule has 1 saturated heterocycles. The number of nitrogens with zero attached hydrogens (tertiary/aromatic N) is 6. The summed E-state index contributed by atoms with van der Waals surface area (Å²) in [5.41, 5.74) is 2.12. The Bertz CT molecular complexity index is 984. The zero-order chi connectivity index (χ0) is 20.3. The largest absolute Gasteiger partial charge is 0.442 e. The standard InChI is InChI=1S/C20H22N6O2/c1-5-15(9-21)11-24(22-4)12-18-13-25(20(27)28-18)17-6-7-19-16(8-17)10-23-26(19)14(2)3/h5-8,10-11,14,18H,1,4,12-13H2,2-3H3/b15-11+/t18-/m0/s1. The Morgan fingerprint density at radius 2 is 2.36 bits per heavy atom. The van der Waals surface area contributed by atoms with Crippen LogP contribution in [0.5, 0.6) is 0 Å². The lowest BCUT2D eigenvalue weighted by atomic mass is 10.2. The number of benzene rings is 1. The summed E-state index contributed by atoms with van der Waals surface area (Å²) in [5.74, 6) is 0. The third-order valence-electron chi connectivity index (χ3n) is 4.46. The minimum atomic E-state index is -0.419. The van der Waals surface area contributed by atoms with Gasteiger partial charge in [0.25, 0.3) is 0 Å². The molecule has 1 fully saturated rings. The highest BCUT2D eigenvalue weighted by atomic mass is 16.6. The van der Waals surface area contributed by atoms with Gasteiger partial charge in [-0.25, -0.2) is 4.79 Å². The lowest BCUT2D eigenvalue weighted by Crippen LogP contribution is -2.29. The summed E-state index contributed by atoms with van der Waals surface area (Å²) in [6, 6.07) is 8.03. The van der Waals surface area contributed by atoms with Gasteiger partial charge in [-0.1, -0.05) is 12.7 Å². The topological polar surface area (TPSA) is 86.8 Å². The van der Waals surface area contributed by atoms with Crippen LogP contribution < -0.4 is 4.90 Å². The fraction of sp³-hybridized carbons (Fsp3) is 0.300. The predicted molar refractivity (Wildman–Crippen MR) is 108 cm³/mol. The molecule has 1 aromatic carbocycles. The molecule has 8 nitrogen and oxygen atoms in total. The number of cyclic esters (lactones) is 1. The molecular weight excluding hydrogens is 356 g/mol. The number of allylic oxidation sites excluding steroid dienone is 2. The Labute approximate surface area is 163 Å². The molecule has 1 aliphatic rings. The average Bonchev–Trinajstić information content (AvgIpc) is 3.27. The molecule has 2 heterocycles. The first-order chi connectivity index (χ1) is 13.5. The van der Waals surface area contributed by atoms with Crippen LogP contribution in [0.3, 0.4) is 0 Å². The van der Waals surface area contributed by atoms with Gasteiger partial charge in [0.1, 0.15) is 12.2 Å². The number of fused-ring (bicyclic) bond motifs is 1. The molecule has 1 aliphatic heterocycles. The Morgan fingerprint density at radius 3 is 3.00 bits per heavy atom. The van der Waals surface area contributed by atoms with Gasteiger partial charge in [-0.05, 0) is 32.0 Å². The van der Waals surface area contributed by atoms with Crippen LogP contribution in [0.25, 0.3) is 10.9 Å². The second-order valence-corrected chi connectivity index (χ2v) is 6.71. The number of nitriles is 1. The van der Waals surface area contributed by atoms with Crippen LogP contribution in [0, 0.1) is 11.3 Å². The Kier molecular flexibility index (Phi) is 5.45. The number of anilines is 1. The fourth-order valence-electron chi connectivity index (χ4n) is 3.10. The highest BCUT2D eigenvalue weighted by Crippen LogP contribution is 2.27. The quantitative estimate of drug-likeness (QED) is 0.319. The van der Waals surface area contributed by atoms with Gasteiger partial charge in [0, 0.05) is 30.0 Å². The number of amides is 1. The smallest absolute Gasteiger partial charge is 0.414 e. The van der Waals surface area contributed by atoms with Crippen molar-refractivity contribution in [3.05, 3.63) is 48.8 Å². The monoisotopic (exact) mass is 378 g/mol. The Hall–Kier alpha value is -3.60. The summed E-state index contributed by atoms with van der Waals surface area (Å²) < 4.78 is 7.40. The van der Waals surface area contributed by atoms with E-state index in [2.05, 4.69) is 37.3 Å². The van der Waals surface area contributed by atoms with Crippen LogP contribution in [-0.4, -0.2) is 46.8 Å².